The number of hydrogen-bond donors (Lipinski definition) is 1. The monoisotopic (exact) mass is 226 g/mol. The molecular weight excluding hydrogens is 210 g/mol. The molecule has 0 spiro atoms. The third-order valence-corrected chi connectivity index (χ3v) is 3.01. The zero-order chi connectivity index (χ0) is 11.5. The van der Waals surface area contributed by atoms with Crippen LogP contribution in [0.2, 0.25) is 0 Å². The van der Waals surface area contributed by atoms with Gasteiger partial charge in [-0.3, -0.25) is 0 Å². The Hall–Kier alpha value is -1.16. The molecule has 16 heavy (non-hydrogen) atoms. The van der Waals surface area contributed by atoms with Crippen LogP contribution in [0.4, 0.5) is 14.5 Å². The summed E-state index contributed by atoms with van der Waals surface area (Å²) in [6.45, 7) is 2.03. The van der Waals surface area contributed by atoms with Gasteiger partial charge in [-0.05, 0) is 45.1 Å². The number of likely N-dealkylation sites (tertiary alicyclic amines) is 1. The Balaban J connectivity index is 1.98. The van der Waals surface area contributed by atoms with Crippen molar-refractivity contribution in [2.75, 3.05) is 25.5 Å². The predicted molar refractivity (Wildman–Crippen MR) is 60.5 cm³/mol. The quantitative estimate of drug-likeness (QED) is 0.833. The van der Waals surface area contributed by atoms with Crippen LogP contribution in [0, 0.1) is 11.6 Å². The summed E-state index contributed by atoms with van der Waals surface area (Å²) in [5, 5.41) is 3.13. The van der Waals surface area contributed by atoms with Crippen molar-refractivity contribution >= 4 is 5.69 Å². The fourth-order valence-corrected chi connectivity index (χ4v) is 1.98. The van der Waals surface area contributed by atoms with E-state index in [0.29, 0.717) is 5.69 Å². The van der Waals surface area contributed by atoms with Crippen molar-refractivity contribution in [3.05, 3.63) is 29.8 Å². The standard InChI is InChI=1S/C12H16F2N2/c1-16-6-4-10(5-7-16)15-12-3-2-9(13)8-11(12)14/h2-3,8,10,15H,4-7H2,1H3. The minimum Gasteiger partial charge on any atom is -0.380 e. The van der Waals surface area contributed by atoms with Crippen LogP contribution < -0.4 is 5.32 Å². The lowest BCUT2D eigenvalue weighted by molar-refractivity contribution is 0.263. The molecule has 1 aliphatic heterocycles. The molecular formula is C12H16F2N2. The van der Waals surface area contributed by atoms with Gasteiger partial charge < -0.3 is 10.2 Å². The van der Waals surface area contributed by atoms with Gasteiger partial charge in [-0.1, -0.05) is 0 Å². The lowest BCUT2D eigenvalue weighted by Gasteiger charge is -2.30. The maximum Gasteiger partial charge on any atom is 0.149 e. The molecule has 88 valence electrons. The normalized spacial score (nSPS) is 18.7. The largest absolute Gasteiger partial charge is 0.380 e. The minimum absolute atomic E-state index is 0.288. The van der Waals surface area contributed by atoms with Crippen LogP contribution in [0.25, 0.3) is 0 Å². The third kappa shape index (κ3) is 2.70. The minimum atomic E-state index is -0.536. The van der Waals surface area contributed by atoms with Gasteiger partial charge in [0.1, 0.15) is 11.6 Å². The summed E-state index contributed by atoms with van der Waals surface area (Å²) in [4.78, 5) is 2.25. The highest BCUT2D eigenvalue weighted by Gasteiger charge is 2.17. The Labute approximate surface area is 94.3 Å². The molecule has 0 atom stereocenters. The van der Waals surface area contributed by atoms with E-state index in [1.54, 1.807) is 0 Å². The van der Waals surface area contributed by atoms with Crippen LogP contribution in [0.15, 0.2) is 18.2 Å². The highest BCUT2D eigenvalue weighted by atomic mass is 19.1. The lowest BCUT2D eigenvalue weighted by atomic mass is 10.1. The summed E-state index contributed by atoms with van der Waals surface area (Å²) in [6, 6.07) is 3.94. The van der Waals surface area contributed by atoms with Crippen LogP contribution in [0.5, 0.6) is 0 Å². The maximum absolute atomic E-state index is 13.4. The van der Waals surface area contributed by atoms with E-state index in [1.165, 1.54) is 12.1 Å². The first-order chi connectivity index (χ1) is 7.65. The summed E-state index contributed by atoms with van der Waals surface area (Å²) < 4.78 is 26.1. The predicted octanol–water partition coefficient (Wildman–Crippen LogP) is 2.47. The molecule has 1 fully saturated rings. The number of halogens is 2. The van der Waals surface area contributed by atoms with E-state index in [-0.39, 0.29) is 6.04 Å². The van der Waals surface area contributed by atoms with Gasteiger partial charge in [-0.15, -0.1) is 0 Å². The van der Waals surface area contributed by atoms with Gasteiger partial charge in [-0.25, -0.2) is 8.78 Å². The van der Waals surface area contributed by atoms with E-state index in [4.69, 9.17) is 0 Å². The number of nitrogens with zero attached hydrogens (tertiary/aromatic N) is 1. The molecule has 4 heteroatoms. The molecule has 0 saturated carbocycles. The van der Waals surface area contributed by atoms with E-state index in [2.05, 4.69) is 17.3 Å². The number of hydrogen-bond acceptors (Lipinski definition) is 2. The Bertz CT molecular complexity index is 360. The van der Waals surface area contributed by atoms with Crippen molar-refractivity contribution in [1.29, 1.82) is 0 Å². The van der Waals surface area contributed by atoms with Crippen LogP contribution >= 0.6 is 0 Å². The van der Waals surface area contributed by atoms with Gasteiger partial charge in [0, 0.05) is 12.1 Å². The second-order valence-corrected chi connectivity index (χ2v) is 4.35. The van der Waals surface area contributed by atoms with Crippen molar-refractivity contribution < 1.29 is 8.78 Å². The SMILES string of the molecule is CN1CCC(Nc2ccc(F)cc2F)CC1. The van der Waals surface area contributed by atoms with Crippen molar-refractivity contribution in [2.45, 2.75) is 18.9 Å². The van der Waals surface area contributed by atoms with Gasteiger partial charge in [0.15, 0.2) is 0 Å². The number of benzene rings is 1. The highest BCUT2D eigenvalue weighted by Crippen LogP contribution is 2.19. The van der Waals surface area contributed by atoms with Crippen LogP contribution in [0.3, 0.4) is 0 Å². The Kier molecular flexibility index (Phi) is 3.39. The first-order valence-electron chi connectivity index (χ1n) is 5.55. The smallest absolute Gasteiger partial charge is 0.149 e. The molecule has 0 bridgehead atoms. The maximum atomic E-state index is 13.4. The molecule has 0 radical (unpaired) electrons. The van der Waals surface area contributed by atoms with Crippen molar-refractivity contribution in [2.24, 2.45) is 0 Å². The van der Waals surface area contributed by atoms with Gasteiger partial charge in [0.2, 0.25) is 0 Å². The third-order valence-electron chi connectivity index (χ3n) is 3.01. The first kappa shape index (κ1) is 11.3. The van der Waals surface area contributed by atoms with Gasteiger partial charge in [-0.2, -0.15) is 0 Å². The molecule has 0 aromatic heterocycles. The van der Waals surface area contributed by atoms with Crippen LogP contribution in [-0.4, -0.2) is 31.1 Å². The molecule has 1 aromatic carbocycles. The van der Waals surface area contributed by atoms with E-state index in [9.17, 15) is 8.78 Å². The Morgan fingerprint density at radius 3 is 2.56 bits per heavy atom. The van der Waals surface area contributed by atoms with Crippen molar-refractivity contribution in [3.8, 4) is 0 Å². The van der Waals surface area contributed by atoms with Crippen molar-refractivity contribution in [3.63, 3.8) is 0 Å². The molecule has 2 rings (SSSR count). The Morgan fingerprint density at radius 2 is 1.94 bits per heavy atom. The van der Waals surface area contributed by atoms with E-state index >= 15 is 0 Å². The molecule has 1 N–H and O–H groups in total. The number of anilines is 1. The fourth-order valence-electron chi connectivity index (χ4n) is 1.98. The fraction of sp³-hybridized carbons (Fsp3) is 0.500. The molecule has 1 aromatic rings. The average molecular weight is 226 g/mol. The molecule has 2 nitrogen and oxygen atoms in total. The first-order valence-corrected chi connectivity index (χ1v) is 5.55. The molecule has 0 amide bonds. The van der Waals surface area contributed by atoms with Crippen LogP contribution in [-0.2, 0) is 0 Å². The number of rotatable bonds is 2. The highest BCUT2D eigenvalue weighted by molar-refractivity contribution is 5.45. The lowest BCUT2D eigenvalue weighted by Crippen LogP contribution is -2.36. The topological polar surface area (TPSA) is 15.3 Å². The van der Waals surface area contributed by atoms with Crippen molar-refractivity contribution in [1.82, 2.24) is 4.90 Å². The van der Waals surface area contributed by atoms with E-state index < -0.39 is 11.6 Å². The second kappa shape index (κ2) is 4.78. The van der Waals surface area contributed by atoms with Gasteiger partial charge >= 0.3 is 0 Å². The zero-order valence-electron chi connectivity index (χ0n) is 9.34. The zero-order valence-corrected chi connectivity index (χ0v) is 9.34. The summed E-state index contributed by atoms with van der Waals surface area (Å²) in [6.07, 6.45) is 1.99. The Morgan fingerprint density at radius 1 is 1.25 bits per heavy atom. The van der Waals surface area contributed by atoms with Gasteiger partial charge in [0.25, 0.3) is 0 Å². The number of piperidine rings is 1. The molecule has 0 aliphatic carbocycles. The second-order valence-electron chi connectivity index (χ2n) is 4.35. The van der Waals surface area contributed by atoms with Crippen LogP contribution in [0.1, 0.15) is 12.8 Å². The number of nitrogens with one attached hydrogen (secondary N) is 1. The average Bonchev–Trinajstić information content (AvgIpc) is 2.25. The molecule has 0 unspecified atom stereocenters. The van der Waals surface area contributed by atoms with E-state index in [1.807, 2.05) is 0 Å². The summed E-state index contributed by atoms with van der Waals surface area (Å²) in [7, 11) is 2.08. The summed E-state index contributed by atoms with van der Waals surface area (Å²) in [5.74, 6) is -1.05. The molecule has 1 saturated heterocycles. The molecule has 1 aliphatic rings. The molecule has 1 heterocycles. The van der Waals surface area contributed by atoms with Gasteiger partial charge in [0.05, 0.1) is 5.69 Å². The summed E-state index contributed by atoms with van der Waals surface area (Å²) in [5.41, 5.74) is 0.399. The summed E-state index contributed by atoms with van der Waals surface area (Å²) >= 11 is 0. The van der Waals surface area contributed by atoms with E-state index in [0.717, 1.165) is 32.0 Å².